The molecule has 3 amide bonds. The Bertz CT molecular complexity index is 954. The van der Waals surface area contributed by atoms with Gasteiger partial charge in [-0.15, -0.1) is 0 Å². The van der Waals surface area contributed by atoms with E-state index in [4.69, 9.17) is 4.74 Å². The number of methoxy groups -OCH3 is 1. The lowest BCUT2D eigenvalue weighted by atomic mass is 9.96. The van der Waals surface area contributed by atoms with Gasteiger partial charge in [-0.25, -0.2) is 4.79 Å². The summed E-state index contributed by atoms with van der Waals surface area (Å²) >= 11 is 0. The first-order valence-electron chi connectivity index (χ1n) is 9.64. The molecule has 2 N–H and O–H groups in total. The van der Waals surface area contributed by atoms with E-state index in [0.29, 0.717) is 48.6 Å². The maximum Gasteiger partial charge on any atom is 0.321 e. The van der Waals surface area contributed by atoms with Gasteiger partial charge in [0.05, 0.1) is 29.0 Å². The van der Waals surface area contributed by atoms with E-state index in [2.05, 4.69) is 10.6 Å². The Balaban J connectivity index is 1.56. The second-order valence-corrected chi connectivity index (χ2v) is 7.09. The fourth-order valence-corrected chi connectivity index (χ4v) is 3.48. The van der Waals surface area contributed by atoms with Crippen LogP contribution in [0.5, 0.6) is 5.75 Å². The first-order valence-corrected chi connectivity index (χ1v) is 9.64. The second-order valence-electron chi connectivity index (χ2n) is 7.09. The zero-order valence-electron chi connectivity index (χ0n) is 16.9. The first kappa shape index (κ1) is 21.1. The normalized spacial score (nSPS) is 14.1. The molecule has 30 heavy (non-hydrogen) atoms. The average molecular weight is 412 g/mol. The van der Waals surface area contributed by atoms with Crippen molar-refractivity contribution in [2.75, 3.05) is 30.8 Å². The van der Waals surface area contributed by atoms with Gasteiger partial charge in [0, 0.05) is 25.1 Å². The SMILES string of the molecule is COc1ccccc1NC(=O)C1CCN(C(=O)Nc2cccc([N+](=O)[O-])c2C)CC1. The minimum absolute atomic E-state index is 0.0421. The smallest absolute Gasteiger partial charge is 0.321 e. The number of urea groups is 1. The largest absolute Gasteiger partial charge is 0.495 e. The molecule has 9 nitrogen and oxygen atoms in total. The molecular formula is C21H24N4O5. The monoisotopic (exact) mass is 412 g/mol. The number of para-hydroxylation sites is 2. The summed E-state index contributed by atoms with van der Waals surface area (Å²) in [6.07, 6.45) is 1.06. The number of nitrogens with zero attached hydrogens (tertiary/aromatic N) is 2. The van der Waals surface area contributed by atoms with E-state index in [-0.39, 0.29) is 23.5 Å². The highest BCUT2D eigenvalue weighted by molar-refractivity contribution is 5.94. The number of carbonyl (C=O) groups is 2. The van der Waals surface area contributed by atoms with Gasteiger partial charge in [0.15, 0.2) is 0 Å². The summed E-state index contributed by atoms with van der Waals surface area (Å²) in [6, 6.07) is 11.4. The van der Waals surface area contributed by atoms with Gasteiger partial charge in [-0.05, 0) is 38.0 Å². The standard InChI is InChI=1S/C21H24N4O5/c1-14-16(7-5-8-18(14)25(28)29)23-21(27)24-12-10-15(11-13-24)20(26)22-17-6-3-4-9-19(17)30-2/h3-9,15H,10-13H2,1-2H3,(H,22,26)(H,23,27). The number of likely N-dealkylation sites (tertiary alicyclic amines) is 1. The Morgan fingerprint density at radius 3 is 2.40 bits per heavy atom. The van der Waals surface area contributed by atoms with E-state index in [1.54, 1.807) is 37.1 Å². The lowest BCUT2D eigenvalue weighted by Crippen LogP contribution is -2.43. The van der Waals surface area contributed by atoms with Gasteiger partial charge in [0.25, 0.3) is 5.69 Å². The highest BCUT2D eigenvalue weighted by Crippen LogP contribution is 2.27. The first-order chi connectivity index (χ1) is 14.4. The maximum absolute atomic E-state index is 12.6. The number of rotatable bonds is 5. The van der Waals surface area contributed by atoms with E-state index in [9.17, 15) is 19.7 Å². The zero-order valence-corrected chi connectivity index (χ0v) is 16.9. The number of nitro groups is 1. The molecule has 0 aliphatic carbocycles. The molecule has 0 radical (unpaired) electrons. The minimum Gasteiger partial charge on any atom is -0.495 e. The summed E-state index contributed by atoms with van der Waals surface area (Å²) in [7, 11) is 1.55. The molecule has 0 bridgehead atoms. The molecule has 3 rings (SSSR count). The van der Waals surface area contributed by atoms with Gasteiger partial charge in [-0.2, -0.15) is 0 Å². The van der Waals surface area contributed by atoms with Crippen LogP contribution in [0.1, 0.15) is 18.4 Å². The summed E-state index contributed by atoms with van der Waals surface area (Å²) in [5.41, 5.74) is 1.39. The van der Waals surface area contributed by atoms with Crippen molar-refractivity contribution in [1.29, 1.82) is 0 Å². The van der Waals surface area contributed by atoms with Gasteiger partial charge in [-0.1, -0.05) is 18.2 Å². The Hall–Kier alpha value is -3.62. The van der Waals surface area contributed by atoms with Gasteiger partial charge in [0.2, 0.25) is 5.91 Å². The molecule has 2 aromatic carbocycles. The van der Waals surface area contributed by atoms with Crippen LogP contribution in [-0.4, -0.2) is 42.0 Å². The summed E-state index contributed by atoms with van der Waals surface area (Å²) in [4.78, 5) is 37.4. The van der Waals surface area contributed by atoms with Gasteiger partial charge >= 0.3 is 6.03 Å². The van der Waals surface area contributed by atoms with Gasteiger partial charge < -0.3 is 20.3 Å². The zero-order chi connectivity index (χ0) is 21.7. The fraction of sp³-hybridized carbons (Fsp3) is 0.333. The third-order valence-corrected chi connectivity index (χ3v) is 5.26. The number of piperidine rings is 1. The predicted molar refractivity (Wildman–Crippen MR) is 113 cm³/mol. The van der Waals surface area contributed by atoms with Crippen LogP contribution >= 0.6 is 0 Å². The van der Waals surface area contributed by atoms with E-state index < -0.39 is 4.92 Å². The van der Waals surface area contributed by atoms with Crippen LogP contribution in [0, 0.1) is 23.0 Å². The topological polar surface area (TPSA) is 114 Å². The molecule has 0 atom stereocenters. The molecule has 9 heteroatoms. The van der Waals surface area contributed by atoms with E-state index >= 15 is 0 Å². The highest BCUT2D eigenvalue weighted by Gasteiger charge is 2.28. The Morgan fingerprint density at radius 2 is 1.73 bits per heavy atom. The third-order valence-electron chi connectivity index (χ3n) is 5.26. The lowest BCUT2D eigenvalue weighted by molar-refractivity contribution is -0.385. The Morgan fingerprint density at radius 1 is 1.07 bits per heavy atom. The maximum atomic E-state index is 12.6. The number of hydrogen-bond donors (Lipinski definition) is 2. The van der Waals surface area contributed by atoms with Crippen LogP contribution in [-0.2, 0) is 4.79 Å². The van der Waals surface area contributed by atoms with Crippen LogP contribution < -0.4 is 15.4 Å². The predicted octanol–water partition coefficient (Wildman–Crippen LogP) is 3.79. The third kappa shape index (κ3) is 4.68. The number of ether oxygens (including phenoxy) is 1. The molecule has 0 saturated carbocycles. The van der Waals surface area contributed by atoms with Gasteiger partial charge in [0.1, 0.15) is 5.75 Å². The minimum atomic E-state index is -0.475. The van der Waals surface area contributed by atoms with Crippen molar-refractivity contribution in [3.05, 3.63) is 58.1 Å². The Kier molecular flexibility index (Phi) is 6.51. The molecule has 1 heterocycles. The molecule has 1 saturated heterocycles. The van der Waals surface area contributed by atoms with Crippen molar-refractivity contribution in [3.63, 3.8) is 0 Å². The molecule has 0 aromatic heterocycles. The highest BCUT2D eigenvalue weighted by atomic mass is 16.6. The summed E-state index contributed by atoms with van der Waals surface area (Å²) in [5.74, 6) is 0.280. The lowest BCUT2D eigenvalue weighted by Gasteiger charge is -2.31. The molecule has 1 aliphatic heterocycles. The van der Waals surface area contributed by atoms with E-state index in [0.717, 1.165) is 0 Å². The number of amides is 3. The Labute approximate surface area is 174 Å². The number of nitro benzene ring substituents is 1. The molecule has 158 valence electrons. The van der Waals surface area contributed by atoms with Crippen molar-refractivity contribution in [2.24, 2.45) is 5.92 Å². The number of nitrogens with one attached hydrogen (secondary N) is 2. The van der Waals surface area contributed by atoms with Crippen LogP contribution in [0.25, 0.3) is 0 Å². The molecule has 0 unspecified atom stereocenters. The number of anilines is 2. The quantitative estimate of drug-likeness (QED) is 0.573. The van der Waals surface area contributed by atoms with Crippen molar-refractivity contribution in [1.82, 2.24) is 4.90 Å². The summed E-state index contributed by atoms with van der Waals surface area (Å²) in [5, 5.41) is 16.7. The van der Waals surface area contributed by atoms with Crippen molar-refractivity contribution >= 4 is 29.0 Å². The van der Waals surface area contributed by atoms with Crippen molar-refractivity contribution < 1.29 is 19.2 Å². The summed E-state index contributed by atoms with van der Waals surface area (Å²) in [6.45, 7) is 2.44. The molecule has 1 aliphatic rings. The van der Waals surface area contributed by atoms with Gasteiger partial charge in [-0.3, -0.25) is 14.9 Å². The fourth-order valence-electron chi connectivity index (χ4n) is 3.48. The number of benzene rings is 2. The number of carbonyl (C=O) groups excluding carboxylic acids is 2. The van der Waals surface area contributed by atoms with Crippen LogP contribution in [0.15, 0.2) is 42.5 Å². The average Bonchev–Trinajstić information content (AvgIpc) is 2.75. The van der Waals surface area contributed by atoms with Crippen LogP contribution in [0.4, 0.5) is 21.9 Å². The second kappa shape index (κ2) is 9.25. The van der Waals surface area contributed by atoms with Crippen LogP contribution in [0.3, 0.4) is 0 Å². The number of hydrogen-bond acceptors (Lipinski definition) is 5. The van der Waals surface area contributed by atoms with Crippen LogP contribution in [0.2, 0.25) is 0 Å². The summed E-state index contributed by atoms with van der Waals surface area (Å²) < 4.78 is 5.25. The van der Waals surface area contributed by atoms with Crippen molar-refractivity contribution in [3.8, 4) is 5.75 Å². The molecule has 0 spiro atoms. The van der Waals surface area contributed by atoms with E-state index in [1.165, 1.54) is 12.1 Å². The molecule has 1 fully saturated rings. The molecule has 2 aromatic rings. The van der Waals surface area contributed by atoms with E-state index in [1.807, 2.05) is 12.1 Å². The molecular weight excluding hydrogens is 388 g/mol. The van der Waals surface area contributed by atoms with Crippen molar-refractivity contribution in [2.45, 2.75) is 19.8 Å².